The van der Waals surface area contributed by atoms with Crippen LogP contribution in [0.2, 0.25) is 0 Å². The standard InChI is InChI=1S/C21H31FN2O4/c1-6-27-19(25)16-7-8-17(18(22)11-16)14-24-10-9-15(13-24)12-23(5)20(26)28-21(2,3)4/h7-8,11,15H,6,9-10,12-14H2,1-5H3/t15-/m1/s1. The summed E-state index contributed by atoms with van der Waals surface area (Å²) in [7, 11) is 1.74. The van der Waals surface area contributed by atoms with Crippen molar-refractivity contribution >= 4 is 12.1 Å². The van der Waals surface area contributed by atoms with Gasteiger partial charge in [-0.3, -0.25) is 4.90 Å². The van der Waals surface area contributed by atoms with Crippen molar-refractivity contribution in [3.63, 3.8) is 0 Å². The second-order valence-electron chi connectivity index (χ2n) is 8.28. The van der Waals surface area contributed by atoms with Crippen LogP contribution < -0.4 is 0 Å². The summed E-state index contributed by atoms with van der Waals surface area (Å²) in [5.41, 5.74) is 0.260. The number of likely N-dealkylation sites (tertiary alicyclic amines) is 1. The van der Waals surface area contributed by atoms with Gasteiger partial charge in [0.15, 0.2) is 0 Å². The molecule has 1 atom stereocenters. The van der Waals surface area contributed by atoms with Gasteiger partial charge in [0.2, 0.25) is 0 Å². The Morgan fingerprint density at radius 3 is 2.64 bits per heavy atom. The average molecular weight is 394 g/mol. The summed E-state index contributed by atoms with van der Waals surface area (Å²) in [6, 6.07) is 4.47. The Morgan fingerprint density at radius 1 is 1.32 bits per heavy atom. The molecule has 0 saturated carbocycles. The van der Waals surface area contributed by atoms with Crippen LogP contribution in [0.3, 0.4) is 0 Å². The van der Waals surface area contributed by atoms with E-state index in [9.17, 15) is 14.0 Å². The van der Waals surface area contributed by atoms with Crippen LogP contribution in [-0.4, -0.2) is 60.8 Å². The number of rotatable bonds is 6. The van der Waals surface area contributed by atoms with Crippen molar-refractivity contribution in [3.05, 3.63) is 35.1 Å². The molecule has 0 aromatic heterocycles. The van der Waals surface area contributed by atoms with Crippen LogP contribution in [0, 0.1) is 11.7 Å². The molecule has 1 aliphatic rings. The maximum absolute atomic E-state index is 14.4. The molecule has 0 N–H and O–H groups in total. The molecule has 6 nitrogen and oxygen atoms in total. The molecule has 0 aliphatic carbocycles. The Labute approximate surface area is 166 Å². The van der Waals surface area contributed by atoms with Crippen LogP contribution in [0.15, 0.2) is 18.2 Å². The molecule has 1 amide bonds. The van der Waals surface area contributed by atoms with Crippen molar-refractivity contribution in [2.45, 2.75) is 46.3 Å². The highest BCUT2D eigenvalue weighted by atomic mass is 19.1. The van der Waals surface area contributed by atoms with Crippen molar-refractivity contribution in [1.29, 1.82) is 0 Å². The summed E-state index contributed by atoms with van der Waals surface area (Å²) in [6.45, 7) is 10.2. The maximum atomic E-state index is 14.4. The number of nitrogens with zero attached hydrogens (tertiary/aromatic N) is 2. The number of halogens is 1. The molecule has 1 saturated heterocycles. The first kappa shape index (κ1) is 22.1. The van der Waals surface area contributed by atoms with E-state index in [-0.39, 0.29) is 18.3 Å². The van der Waals surface area contributed by atoms with Gasteiger partial charge in [-0.2, -0.15) is 0 Å². The summed E-state index contributed by atoms with van der Waals surface area (Å²) >= 11 is 0. The van der Waals surface area contributed by atoms with Gasteiger partial charge in [0.25, 0.3) is 0 Å². The fraction of sp³-hybridized carbons (Fsp3) is 0.619. The highest BCUT2D eigenvalue weighted by Gasteiger charge is 2.27. The van der Waals surface area contributed by atoms with E-state index in [0.717, 1.165) is 19.5 Å². The highest BCUT2D eigenvalue weighted by molar-refractivity contribution is 5.89. The fourth-order valence-corrected chi connectivity index (χ4v) is 3.27. The van der Waals surface area contributed by atoms with E-state index in [1.165, 1.54) is 6.07 Å². The van der Waals surface area contributed by atoms with Crippen molar-refractivity contribution in [1.82, 2.24) is 9.80 Å². The first-order valence-electron chi connectivity index (χ1n) is 9.71. The Hall–Kier alpha value is -2.15. The zero-order valence-electron chi connectivity index (χ0n) is 17.5. The van der Waals surface area contributed by atoms with Gasteiger partial charge in [-0.15, -0.1) is 0 Å². The topological polar surface area (TPSA) is 59.1 Å². The number of carbonyl (C=O) groups excluding carboxylic acids is 2. The minimum Gasteiger partial charge on any atom is -0.462 e. The zero-order chi connectivity index (χ0) is 20.9. The van der Waals surface area contributed by atoms with Crippen LogP contribution in [0.25, 0.3) is 0 Å². The van der Waals surface area contributed by atoms with E-state index < -0.39 is 17.4 Å². The first-order valence-corrected chi connectivity index (χ1v) is 9.71. The van der Waals surface area contributed by atoms with E-state index in [1.54, 1.807) is 31.0 Å². The molecule has 1 aromatic carbocycles. The summed E-state index contributed by atoms with van der Waals surface area (Å²) in [6.07, 6.45) is 0.613. The van der Waals surface area contributed by atoms with Gasteiger partial charge in [-0.25, -0.2) is 14.0 Å². The molecule has 0 bridgehead atoms. The monoisotopic (exact) mass is 394 g/mol. The lowest BCUT2D eigenvalue weighted by Crippen LogP contribution is -2.37. The predicted octanol–water partition coefficient (Wildman–Crippen LogP) is 3.69. The van der Waals surface area contributed by atoms with Gasteiger partial charge in [-0.1, -0.05) is 6.07 Å². The lowest BCUT2D eigenvalue weighted by molar-refractivity contribution is 0.0274. The number of hydrogen-bond acceptors (Lipinski definition) is 5. The third-order valence-corrected chi connectivity index (χ3v) is 4.57. The smallest absolute Gasteiger partial charge is 0.410 e. The Bertz CT molecular complexity index is 702. The molecule has 156 valence electrons. The van der Waals surface area contributed by atoms with E-state index >= 15 is 0 Å². The van der Waals surface area contributed by atoms with Gasteiger partial charge in [0, 0.05) is 32.2 Å². The summed E-state index contributed by atoms with van der Waals surface area (Å²) in [5, 5.41) is 0. The zero-order valence-corrected chi connectivity index (χ0v) is 17.5. The van der Waals surface area contributed by atoms with Crippen LogP contribution in [0.5, 0.6) is 0 Å². The summed E-state index contributed by atoms with van der Waals surface area (Å²) in [4.78, 5) is 27.6. The molecular weight excluding hydrogens is 363 g/mol. The molecule has 0 radical (unpaired) electrons. The third-order valence-electron chi connectivity index (χ3n) is 4.57. The van der Waals surface area contributed by atoms with Gasteiger partial charge in [-0.05, 0) is 58.7 Å². The van der Waals surface area contributed by atoms with E-state index in [0.29, 0.717) is 24.6 Å². The number of amides is 1. The number of benzene rings is 1. The molecule has 1 fully saturated rings. The van der Waals surface area contributed by atoms with Crippen LogP contribution in [0.4, 0.5) is 9.18 Å². The fourth-order valence-electron chi connectivity index (χ4n) is 3.27. The van der Waals surface area contributed by atoms with Crippen LogP contribution >= 0.6 is 0 Å². The van der Waals surface area contributed by atoms with Crippen molar-refractivity contribution in [2.75, 3.05) is 33.3 Å². The first-order chi connectivity index (χ1) is 13.1. The van der Waals surface area contributed by atoms with E-state index in [2.05, 4.69) is 4.90 Å². The lowest BCUT2D eigenvalue weighted by atomic mass is 10.1. The predicted molar refractivity (Wildman–Crippen MR) is 105 cm³/mol. The molecule has 0 spiro atoms. The molecule has 0 unspecified atom stereocenters. The third kappa shape index (κ3) is 6.48. The largest absolute Gasteiger partial charge is 0.462 e. The molecule has 1 aliphatic heterocycles. The minimum atomic E-state index is -0.514. The molecule has 7 heteroatoms. The number of ether oxygens (including phenoxy) is 2. The molecule has 28 heavy (non-hydrogen) atoms. The Morgan fingerprint density at radius 2 is 2.04 bits per heavy atom. The molecular formula is C21H31FN2O4. The van der Waals surface area contributed by atoms with Crippen LogP contribution in [0.1, 0.15) is 50.0 Å². The molecule has 1 aromatic rings. The quantitative estimate of drug-likeness (QED) is 0.689. The number of hydrogen-bond donors (Lipinski definition) is 0. The van der Waals surface area contributed by atoms with Crippen LogP contribution in [-0.2, 0) is 16.0 Å². The van der Waals surface area contributed by atoms with Crippen molar-refractivity contribution in [3.8, 4) is 0 Å². The Balaban J connectivity index is 1.87. The Kier molecular flexibility index (Phi) is 7.41. The van der Waals surface area contributed by atoms with Crippen molar-refractivity contribution < 1.29 is 23.5 Å². The highest BCUT2D eigenvalue weighted by Crippen LogP contribution is 2.22. The number of carbonyl (C=O) groups is 2. The molecule has 1 heterocycles. The second-order valence-corrected chi connectivity index (χ2v) is 8.28. The average Bonchev–Trinajstić information content (AvgIpc) is 3.02. The van der Waals surface area contributed by atoms with E-state index in [1.807, 2.05) is 20.8 Å². The van der Waals surface area contributed by atoms with E-state index in [4.69, 9.17) is 9.47 Å². The van der Waals surface area contributed by atoms with Crippen molar-refractivity contribution in [2.24, 2.45) is 5.92 Å². The van der Waals surface area contributed by atoms with Gasteiger partial charge < -0.3 is 14.4 Å². The van der Waals surface area contributed by atoms with Gasteiger partial charge >= 0.3 is 12.1 Å². The minimum absolute atomic E-state index is 0.224. The normalized spacial score (nSPS) is 17.4. The SMILES string of the molecule is CCOC(=O)c1ccc(CN2CC[C@H](CN(C)C(=O)OC(C)(C)C)C2)c(F)c1. The number of esters is 1. The molecule has 2 rings (SSSR count). The maximum Gasteiger partial charge on any atom is 0.410 e. The lowest BCUT2D eigenvalue weighted by Gasteiger charge is -2.26. The summed E-state index contributed by atoms with van der Waals surface area (Å²) in [5.74, 6) is -0.598. The summed E-state index contributed by atoms with van der Waals surface area (Å²) < 4.78 is 24.7. The van der Waals surface area contributed by atoms with Gasteiger partial charge in [0.05, 0.1) is 12.2 Å². The second kappa shape index (κ2) is 9.37. The van der Waals surface area contributed by atoms with Gasteiger partial charge in [0.1, 0.15) is 11.4 Å².